The van der Waals surface area contributed by atoms with Gasteiger partial charge in [0, 0.05) is 6.08 Å². The van der Waals surface area contributed by atoms with E-state index in [9.17, 15) is 4.79 Å². The smallest absolute Gasteiger partial charge is 0.330 e. The zero-order chi connectivity index (χ0) is 10.8. The van der Waals surface area contributed by atoms with E-state index in [-0.39, 0.29) is 5.97 Å². The lowest BCUT2D eigenvalue weighted by atomic mass is 10.1. The molecule has 0 radical (unpaired) electrons. The monoisotopic (exact) mass is 196 g/mol. The molecular formula is C12H20O2. The van der Waals surface area contributed by atoms with Crippen LogP contribution in [0.15, 0.2) is 24.3 Å². The highest BCUT2D eigenvalue weighted by atomic mass is 16.5. The van der Waals surface area contributed by atoms with Gasteiger partial charge >= 0.3 is 5.97 Å². The molecule has 0 aromatic carbocycles. The van der Waals surface area contributed by atoms with E-state index >= 15 is 0 Å². The van der Waals surface area contributed by atoms with Gasteiger partial charge in [-0.05, 0) is 19.3 Å². The van der Waals surface area contributed by atoms with Crippen molar-refractivity contribution in [2.75, 3.05) is 6.61 Å². The molecule has 0 bridgehead atoms. The lowest BCUT2D eigenvalue weighted by Crippen LogP contribution is -2.02. The van der Waals surface area contributed by atoms with Crippen molar-refractivity contribution in [3.63, 3.8) is 0 Å². The second-order valence-corrected chi connectivity index (χ2v) is 3.27. The number of allylic oxidation sites excluding steroid dienone is 3. The van der Waals surface area contributed by atoms with Gasteiger partial charge in [0.15, 0.2) is 0 Å². The molecule has 0 saturated carbocycles. The number of unbranched alkanes of at least 4 members (excludes halogenated alkanes) is 1. The molecule has 0 aliphatic heterocycles. The van der Waals surface area contributed by atoms with Crippen LogP contribution in [-0.4, -0.2) is 12.6 Å². The Labute approximate surface area is 86.6 Å². The SMILES string of the molecule is C/C=C/C(C)/C=C/C(=O)OCCCC. The molecule has 0 rings (SSSR count). The lowest BCUT2D eigenvalue weighted by Gasteiger charge is -2.00. The van der Waals surface area contributed by atoms with Crippen LogP contribution in [0.1, 0.15) is 33.6 Å². The lowest BCUT2D eigenvalue weighted by molar-refractivity contribution is -0.137. The predicted octanol–water partition coefficient (Wildman–Crippen LogP) is 3.10. The van der Waals surface area contributed by atoms with E-state index in [1.54, 1.807) is 0 Å². The molecule has 0 fully saturated rings. The summed E-state index contributed by atoms with van der Waals surface area (Å²) in [4.78, 5) is 11.1. The Bertz CT molecular complexity index is 204. The second kappa shape index (κ2) is 8.54. The quantitative estimate of drug-likeness (QED) is 0.282. The van der Waals surface area contributed by atoms with Crippen molar-refractivity contribution in [2.24, 2.45) is 5.92 Å². The third kappa shape index (κ3) is 7.59. The molecule has 0 heterocycles. The van der Waals surface area contributed by atoms with Crippen molar-refractivity contribution in [3.8, 4) is 0 Å². The Balaban J connectivity index is 3.70. The van der Waals surface area contributed by atoms with Gasteiger partial charge in [0.2, 0.25) is 0 Å². The number of rotatable bonds is 6. The molecule has 0 amide bonds. The van der Waals surface area contributed by atoms with Crippen molar-refractivity contribution in [1.29, 1.82) is 0 Å². The highest BCUT2D eigenvalue weighted by Crippen LogP contribution is 1.99. The van der Waals surface area contributed by atoms with Gasteiger partial charge in [-0.15, -0.1) is 0 Å². The molecule has 0 aromatic heterocycles. The van der Waals surface area contributed by atoms with Gasteiger partial charge in [0.25, 0.3) is 0 Å². The summed E-state index contributed by atoms with van der Waals surface area (Å²) >= 11 is 0. The van der Waals surface area contributed by atoms with Gasteiger partial charge in [-0.3, -0.25) is 0 Å². The van der Waals surface area contributed by atoms with Gasteiger partial charge in [0.05, 0.1) is 6.61 Å². The average Bonchev–Trinajstić information content (AvgIpc) is 2.16. The number of hydrogen-bond acceptors (Lipinski definition) is 2. The first-order chi connectivity index (χ1) is 6.70. The molecule has 2 heteroatoms. The average molecular weight is 196 g/mol. The summed E-state index contributed by atoms with van der Waals surface area (Å²) in [5, 5.41) is 0. The first-order valence-electron chi connectivity index (χ1n) is 5.18. The van der Waals surface area contributed by atoms with E-state index in [4.69, 9.17) is 4.74 Å². The molecular weight excluding hydrogens is 176 g/mol. The van der Waals surface area contributed by atoms with E-state index in [2.05, 4.69) is 6.92 Å². The minimum Gasteiger partial charge on any atom is -0.463 e. The normalized spacial score (nSPS) is 13.6. The summed E-state index contributed by atoms with van der Waals surface area (Å²) in [7, 11) is 0. The molecule has 0 aliphatic rings. The third-order valence-electron chi connectivity index (χ3n) is 1.77. The molecule has 14 heavy (non-hydrogen) atoms. The second-order valence-electron chi connectivity index (χ2n) is 3.27. The summed E-state index contributed by atoms with van der Waals surface area (Å²) < 4.78 is 4.96. The van der Waals surface area contributed by atoms with Gasteiger partial charge in [-0.1, -0.05) is 38.5 Å². The standard InChI is InChI=1S/C12H20O2/c1-4-6-10-14-12(13)9-8-11(3)7-5-2/h5,7-9,11H,4,6,10H2,1-3H3/b7-5+,9-8+. The molecule has 2 nitrogen and oxygen atoms in total. The van der Waals surface area contributed by atoms with Gasteiger partial charge < -0.3 is 4.74 Å². The summed E-state index contributed by atoms with van der Waals surface area (Å²) in [5.74, 6) is 0.0496. The predicted molar refractivity (Wildman–Crippen MR) is 59.0 cm³/mol. The zero-order valence-corrected chi connectivity index (χ0v) is 9.32. The van der Waals surface area contributed by atoms with Crippen molar-refractivity contribution in [3.05, 3.63) is 24.3 Å². The number of hydrogen-bond donors (Lipinski definition) is 0. The fourth-order valence-corrected chi connectivity index (χ4v) is 0.963. The molecule has 80 valence electrons. The van der Waals surface area contributed by atoms with Gasteiger partial charge in [0.1, 0.15) is 0 Å². The first kappa shape index (κ1) is 12.9. The van der Waals surface area contributed by atoms with E-state index in [0.29, 0.717) is 12.5 Å². The molecule has 0 aromatic rings. The van der Waals surface area contributed by atoms with Crippen LogP contribution in [0.5, 0.6) is 0 Å². The first-order valence-corrected chi connectivity index (χ1v) is 5.18. The van der Waals surface area contributed by atoms with E-state index < -0.39 is 0 Å². The highest BCUT2D eigenvalue weighted by molar-refractivity contribution is 5.81. The number of esters is 1. The summed E-state index contributed by atoms with van der Waals surface area (Å²) in [6.07, 6.45) is 9.32. The van der Waals surface area contributed by atoms with Crippen molar-refractivity contribution < 1.29 is 9.53 Å². The molecule has 1 atom stereocenters. The Kier molecular flexibility index (Phi) is 7.90. The minimum absolute atomic E-state index is 0.241. The Morgan fingerprint density at radius 3 is 2.71 bits per heavy atom. The Hall–Kier alpha value is -1.05. The maximum atomic E-state index is 11.1. The van der Waals surface area contributed by atoms with Crippen LogP contribution in [0.2, 0.25) is 0 Å². The van der Waals surface area contributed by atoms with Crippen molar-refractivity contribution >= 4 is 5.97 Å². The molecule has 0 aliphatic carbocycles. The van der Waals surface area contributed by atoms with Gasteiger partial charge in [-0.2, -0.15) is 0 Å². The molecule has 0 saturated heterocycles. The van der Waals surface area contributed by atoms with Crippen LogP contribution < -0.4 is 0 Å². The fourth-order valence-electron chi connectivity index (χ4n) is 0.963. The number of carbonyl (C=O) groups excluding carboxylic acids is 1. The molecule has 0 spiro atoms. The van der Waals surface area contributed by atoms with Crippen molar-refractivity contribution in [1.82, 2.24) is 0 Å². The van der Waals surface area contributed by atoms with Gasteiger partial charge in [-0.25, -0.2) is 4.79 Å². The highest BCUT2D eigenvalue weighted by Gasteiger charge is 1.96. The summed E-state index contributed by atoms with van der Waals surface area (Å²) in [6.45, 7) is 6.58. The number of ether oxygens (including phenoxy) is 1. The Morgan fingerprint density at radius 1 is 1.43 bits per heavy atom. The van der Waals surface area contributed by atoms with E-state index in [1.807, 2.05) is 32.1 Å². The zero-order valence-electron chi connectivity index (χ0n) is 9.32. The molecule has 0 N–H and O–H groups in total. The van der Waals surface area contributed by atoms with Crippen LogP contribution in [0, 0.1) is 5.92 Å². The summed E-state index contributed by atoms with van der Waals surface area (Å²) in [6, 6.07) is 0. The van der Waals surface area contributed by atoms with Crippen molar-refractivity contribution in [2.45, 2.75) is 33.6 Å². The van der Waals surface area contributed by atoms with E-state index in [0.717, 1.165) is 12.8 Å². The van der Waals surface area contributed by atoms with Crippen LogP contribution in [0.4, 0.5) is 0 Å². The summed E-state index contributed by atoms with van der Waals surface area (Å²) in [5.41, 5.74) is 0. The molecule has 1 unspecified atom stereocenters. The third-order valence-corrected chi connectivity index (χ3v) is 1.77. The van der Waals surface area contributed by atoms with Crippen LogP contribution in [0.25, 0.3) is 0 Å². The topological polar surface area (TPSA) is 26.3 Å². The fraction of sp³-hybridized carbons (Fsp3) is 0.583. The van der Waals surface area contributed by atoms with Crippen LogP contribution in [-0.2, 0) is 9.53 Å². The Morgan fingerprint density at radius 2 is 2.14 bits per heavy atom. The maximum Gasteiger partial charge on any atom is 0.330 e. The van der Waals surface area contributed by atoms with Crippen LogP contribution in [0.3, 0.4) is 0 Å². The maximum absolute atomic E-state index is 11.1. The van der Waals surface area contributed by atoms with E-state index in [1.165, 1.54) is 6.08 Å². The van der Waals surface area contributed by atoms with Crippen LogP contribution >= 0.6 is 0 Å². The largest absolute Gasteiger partial charge is 0.463 e. The number of carbonyl (C=O) groups is 1. The minimum atomic E-state index is -0.241.